The first-order valence-corrected chi connectivity index (χ1v) is 10.6. The van der Waals surface area contributed by atoms with Crippen molar-refractivity contribution in [1.29, 1.82) is 0 Å². The van der Waals surface area contributed by atoms with Gasteiger partial charge < -0.3 is 14.2 Å². The molecule has 3 aromatic rings. The minimum Gasteiger partial charge on any atom is -0.493 e. The van der Waals surface area contributed by atoms with E-state index in [2.05, 4.69) is 24.0 Å². The van der Waals surface area contributed by atoms with E-state index in [-0.39, 0.29) is 16.8 Å². The number of carbonyl (C=O) groups excluding carboxylic acids is 1. The van der Waals surface area contributed by atoms with E-state index in [1.807, 2.05) is 24.3 Å². The quantitative estimate of drug-likeness (QED) is 0.509. The van der Waals surface area contributed by atoms with Crippen LogP contribution in [0.25, 0.3) is 11.4 Å². The maximum absolute atomic E-state index is 13.4. The van der Waals surface area contributed by atoms with Gasteiger partial charge in [-0.25, -0.2) is 4.39 Å². The van der Waals surface area contributed by atoms with Gasteiger partial charge in [-0.15, -0.1) is 0 Å². The van der Waals surface area contributed by atoms with Crippen LogP contribution in [-0.2, 0) is 11.3 Å². The molecule has 162 valence electrons. The molecule has 0 aliphatic carbocycles. The number of nitrogens with zero attached hydrogens (tertiary/aromatic N) is 3. The second kappa shape index (κ2) is 9.06. The normalized spacial score (nSPS) is 16.4. The lowest BCUT2D eigenvalue weighted by atomic mass is 10.1. The minimum atomic E-state index is -0.478. The number of hydrogen-bond donors (Lipinski definition) is 0. The summed E-state index contributed by atoms with van der Waals surface area (Å²) in [6.45, 7) is 5.66. The fourth-order valence-corrected chi connectivity index (χ4v) is 3.63. The van der Waals surface area contributed by atoms with Gasteiger partial charge in [-0.2, -0.15) is 4.98 Å². The molecule has 1 aliphatic rings. The first-order valence-electron chi connectivity index (χ1n) is 10.2. The summed E-state index contributed by atoms with van der Waals surface area (Å²) < 4.78 is 24.5. The molecule has 1 atom stereocenters. The van der Waals surface area contributed by atoms with Crippen LogP contribution >= 0.6 is 11.6 Å². The Morgan fingerprint density at radius 1 is 1.26 bits per heavy atom. The fraction of sp³-hybridized carbons (Fsp3) is 0.348. The number of amides is 1. The molecule has 1 fully saturated rings. The number of benzene rings is 2. The Balaban J connectivity index is 1.41. The summed E-state index contributed by atoms with van der Waals surface area (Å²) in [5.41, 5.74) is 1.58. The predicted molar refractivity (Wildman–Crippen MR) is 114 cm³/mol. The van der Waals surface area contributed by atoms with E-state index >= 15 is 0 Å². The highest BCUT2D eigenvalue weighted by Gasteiger charge is 2.34. The smallest absolute Gasteiger partial charge is 0.232 e. The van der Waals surface area contributed by atoms with E-state index in [1.165, 1.54) is 12.1 Å². The molecule has 1 saturated heterocycles. The van der Waals surface area contributed by atoms with Gasteiger partial charge in [0.25, 0.3) is 0 Å². The Labute approximate surface area is 185 Å². The van der Waals surface area contributed by atoms with Gasteiger partial charge in [0.1, 0.15) is 11.6 Å². The van der Waals surface area contributed by atoms with Crippen molar-refractivity contribution in [3.8, 4) is 17.1 Å². The lowest BCUT2D eigenvalue weighted by Crippen LogP contribution is -2.24. The second-order valence-corrected chi connectivity index (χ2v) is 8.52. The van der Waals surface area contributed by atoms with Gasteiger partial charge in [0, 0.05) is 25.1 Å². The van der Waals surface area contributed by atoms with Crippen LogP contribution < -0.4 is 4.74 Å². The lowest BCUT2D eigenvalue weighted by molar-refractivity contribution is -0.128. The molecule has 2 aromatic carbocycles. The standard InChI is InChI=1S/C23H23ClFN3O3/c1-14(2)13-30-18-6-4-16(5-7-18)22-26-23(31-27-22)17-10-21(29)28(12-17)11-15-3-8-20(25)19(24)9-15/h3-9,14,17H,10-13H2,1-2H3. The van der Waals surface area contributed by atoms with Crippen molar-refractivity contribution in [1.82, 2.24) is 15.0 Å². The van der Waals surface area contributed by atoms with Crippen LogP contribution in [-0.4, -0.2) is 34.1 Å². The van der Waals surface area contributed by atoms with Gasteiger partial charge in [0.05, 0.1) is 17.5 Å². The SMILES string of the molecule is CC(C)COc1ccc(-c2noc(C3CC(=O)N(Cc4ccc(F)c(Cl)c4)C3)n2)cc1. The molecule has 31 heavy (non-hydrogen) atoms. The van der Waals surface area contributed by atoms with Crippen LogP contribution in [0.2, 0.25) is 5.02 Å². The topological polar surface area (TPSA) is 68.5 Å². The van der Waals surface area contributed by atoms with Gasteiger partial charge >= 0.3 is 0 Å². The van der Waals surface area contributed by atoms with Crippen molar-refractivity contribution in [2.24, 2.45) is 5.92 Å². The highest BCUT2D eigenvalue weighted by atomic mass is 35.5. The minimum absolute atomic E-state index is 0.0168. The summed E-state index contributed by atoms with van der Waals surface area (Å²) in [7, 11) is 0. The number of rotatable bonds is 7. The molecule has 8 heteroatoms. The van der Waals surface area contributed by atoms with E-state index in [0.29, 0.717) is 43.8 Å². The fourth-order valence-electron chi connectivity index (χ4n) is 3.43. The molecule has 0 N–H and O–H groups in total. The number of carbonyl (C=O) groups is 1. The third-order valence-corrected chi connectivity index (χ3v) is 5.35. The maximum Gasteiger partial charge on any atom is 0.232 e. The van der Waals surface area contributed by atoms with Crippen molar-refractivity contribution in [3.63, 3.8) is 0 Å². The molecule has 1 unspecified atom stereocenters. The molecule has 2 heterocycles. The van der Waals surface area contributed by atoms with Gasteiger partial charge in [-0.3, -0.25) is 4.79 Å². The van der Waals surface area contributed by atoms with E-state index in [4.69, 9.17) is 20.9 Å². The molecule has 1 aromatic heterocycles. The monoisotopic (exact) mass is 443 g/mol. The van der Waals surface area contributed by atoms with Crippen molar-refractivity contribution in [3.05, 3.63) is 64.8 Å². The largest absolute Gasteiger partial charge is 0.493 e. The Morgan fingerprint density at radius 2 is 2.03 bits per heavy atom. The molecular formula is C23H23ClFN3O3. The number of ether oxygens (including phenoxy) is 1. The number of aromatic nitrogens is 2. The number of hydrogen-bond acceptors (Lipinski definition) is 5. The zero-order chi connectivity index (χ0) is 22.0. The predicted octanol–water partition coefficient (Wildman–Crippen LogP) is 5.08. The first kappa shape index (κ1) is 21.3. The first-order chi connectivity index (χ1) is 14.9. The van der Waals surface area contributed by atoms with Crippen molar-refractivity contribution >= 4 is 17.5 Å². The summed E-state index contributed by atoms with van der Waals surface area (Å²) in [6.07, 6.45) is 0.290. The third-order valence-electron chi connectivity index (χ3n) is 5.06. The van der Waals surface area contributed by atoms with Gasteiger partial charge in [-0.05, 0) is 47.9 Å². The summed E-state index contributed by atoms with van der Waals surface area (Å²) in [5.74, 6) is 1.47. The molecular weight excluding hydrogens is 421 g/mol. The zero-order valence-electron chi connectivity index (χ0n) is 17.3. The van der Waals surface area contributed by atoms with E-state index in [0.717, 1.165) is 16.9 Å². The maximum atomic E-state index is 13.4. The van der Waals surface area contributed by atoms with Crippen LogP contribution in [0.3, 0.4) is 0 Å². The number of likely N-dealkylation sites (tertiary alicyclic amines) is 1. The Bertz CT molecular complexity index is 1070. The molecule has 6 nitrogen and oxygen atoms in total. The Hall–Kier alpha value is -2.93. The summed E-state index contributed by atoms with van der Waals surface area (Å²) in [4.78, 5) is 18.6. The average molecular weight is 444 g/mol. The van der Waals surface area contributed by atoms with Crippen LogP contribution in [0, 0.1) is 11.7 Å². The molecule has 0 radical (unpaired) electrons. The van der Waals surface area contributed by atoms with Gasteiger partial charge in [-0.1, -0.05) is 36.7 Å². The Morgan fingerprint density at radius 3 is 2.74 bits per heavy atom. The van der Waals surface area contributed by atoms with Crippen LogP contribution in [0.1, 0.15) is 37.6 Å². The van der Waals surface area contributed by atoms with E-state index in [9.17, 15) is 9.18 Å². The van der Waals surface area contributed by atoms with Crippen LogP contribution in [0.4, 0.5) is 4.39 Å². The van der Waals surface area contributed by atoms with Crippen molar-refractivity contribution in [2.45, 2.75) is 32.7 Å². The molecule has 1 aliphatic heterocycles. The summed E-state index contributed by atoms with van der Waals surface area (Å²) in [5, 5.41) is 4.12. The third kappa shape index (κ3) is 5.05. The zero-order valence-corrected chi connectivity index (χ0v) is 18.1. The highest BCUT2D eigenvalue weighted by Crippen LogP contribution is 2.30. The molecule has 0 bridgehead atoms. The van der Waals surface area contributed by atoms with Crippen LogP contribution in [0.5, 0.6) is 5.75 Å². The summed E-state index contributed by atoms with van der Waals surface area (Å²) in [6, 6.07) is 12.0. The second-order valence-electron chi connectivity index (χ2n) is 8.11. The summed E-state index contributed by atoms with van der Waals surface area (Å²) >= 11 is 5.84. The molecule has 4 rings (SSSR count). The molecule has 1 amide bonds. The van der Waals surface area contributed by atoms with E-state index < -0.39 is 5.82 Å². The van der Waals surface area contributed by atoms with Gasteiger partial charge in [0.2, 0.25) is 17.6 Å². The van der Waals surface area contributed by atoms with E-state index in [1.54, 1.807) is 11.0 Å². The number of halogens is 2. The van der Waals surface area contributed by atoms with Crippen molar-refractivity contribution < 1.29 is 18.4 Å². The lowest BCUT2D eigenvalue weighted by Gasteiger charge is -2.16. The molecule has 0 spiro atoms. The van der Waals surface area contributed by atoms with Crippen LogP contribution in [0.15, 0.2) is 47.0 Å². The Kier molecular flexibility index (Phi) is 6.23. The molecule has 0 saturated carbocycles. The highest BCUT2D eigenvalue weighted by molar-refractivity contribution is 6.30. The van der Waals surface area contributed by atoms with Crippen molar-refractivity contribution in [2.75, 3.05) is 13.2 Å². The van der Waals surface area contributed by atoms with Gasteiger partial charge in [0.15, 0.2) is 0 Å². The average Bonchev–Trinajstić information content (AvgIpc) is 3.37.